The molecule has 10 heteroatoms. The number of nitrogens with zero attached hydrogens (tertiary/aromatic N) is 3. The molecule has 0 aromatic heterocycles. The van der Waals surface area contributed by atoms with Crippen LogP contribution in [-0.4, -0.2) is 35.5 Å². The standard InChI is InChI=1S/C29H26F3N3O4/c1-29(2,3)39-28(36)35-12-11-34-27(35)19-8-10-25(23(31)14-19)38-17-21-6-4-5-20(26(21)32)16-37-24-9-7-18(15-33)13-22(24)30/h4-10,13-14H,11-12,16-17H2,1-3H3. The molecule has 3 aromatic rings. The Balaban J connectivity index is 1.41. The van der Waals surface area contributed by atoms with E-state index >= 15 is 4.39 Å². The molecule has 0 spiro atoms. The highest BCUT2D eigenvalue weighted by atomic mass is 19.1. The van der Waals surface area contributed by atoms with Gasteiger partial charge in [-0.05, 0) is 57.2 Å². The van der Waals surface area contributed by atoms with Crippen LogP contribution in [0, 0.1) is 28.8 Å². The van der Waals surface area contributed by atoms with E-state index in [-0.39, 0.29) is 41.4 Å². The van der Waals surface area contributed by atoms with Crippen molar-refractivity contribution in [3.8, 4) is 17.6 Å². The van der Waals surface area contributed by atoms with Gasteiger partial charge >= 0.3 is 6.09 Å². The van der Waals surface area contributed by atoms with Gasteiger partial charge in [-0.25, -0.2) is 18.0 Å². The second kappa shape index (κ2) is 11.5. The Bertz CT molecular complexity index is 1460. The van der Waals surface area contributed by atoms with E-state index in [1.165, 1.54) is 41.3 Å². The van der Waals surface area contributed by atoms with Crippen LogP contribution in [0.2, 0.25) is 0 Å². The lowest BCUT2D eigenvalue weighted by Gasteiger charge is -2.25. The Morgan fingerprint density at radius 3 is 2.15 bits per heavy atom. The van der Waals surface area contributed by atoms with Crippen molar-refractivity contribution in [2.24, 2.45) is 4.99 Å². The van der Waals surface area contributed by atoms with Crippen LogP contribution in [0.5, 0.6) is 11.5 Å². The first-order valence-corrected chi connectivity index (χ1v) is 12.1. The van der Waals surface area contributed by atoms with Gasteiger partial charge in [0.1, 0.15) is 30.5 Å². The Hall–Kier alpha value is -4.52. The first kappa shape index (κ1) is 27.5. The highest BCUT2D eigenvalue weighted by Gasteiger charge is 2.29. The third-order valence-electron chi connectivity index (χ3n) is 5.63. The summed E-state index contributed by atoms with van der Waals surface area (Å²) >= 11 is 0. The fraction of sp³-hybridized carbons (Fsp3) is 0.276. The van der Waals surface area contributed by atoms with Crippen LogP contribution in [0.1, 0.15) is 43.0 Å². The van der Waals surface area contributed by atoms with Crippen LogP contribution < -0.4 is 9.47 Å². The first-order chi connectivity index (χ1) is 18.6. The molecule has 0 saturated heterocycles. The van der Waals surface area contributed by atoms with Crippen LogP contribution in [0.3, 0.4) is 0 Å². The lowest BCUT2D eigenvalue weighted by molar-refractivity contribution is 0.0384. The number of carbonyl (C=O) groups excluding carboxylic acids is 1. The third-order valence-corrected chi connectivity index (χ3v) is 5.63. The van der Waals surface area contributed by atoms with E-state index in [9.17, 15) is 13.6 Å². The molecule has 1 aliphatic rings. The zero-order valence-corrected chi connectivity index (χ0v) is 21.6. The van der Waals surface area contributed by atoms with E-state index in [1.54, 1.807) is 32.9 Å². The number of aliphatic imine (C=N–C) groups is 1. The summed E-state index contributed by atoms with van der Waals surface area (Å²) < 4.78 is 60.3. The predicted octanol–water partition coefficient (Wildman–Crippen LogP) is 6.13. The summed E-state index contributed by atoms with van der Waals surface area (Å²) in [4.78, 5) is 18.2. The van der Waals surface area contributed by atoms with Gasteiger partial charge < -0.3 is 14.2 Å². The van der Waals surface area contributed by atoms with E-state index < -0.39 is 29.1 Å². The molecule has 1 heterocycles. The molecule has 39 heavy (non-hydrogen) atoms. The van der Waals surface area contributed by atoms with Gasteiger partial charge in [0, 0.05) is 16.7 Å². The van der Waals surface area contributed by atoms with Gasteiger partial charge in [-0.2, -0.15) is 5.26 Å². The molecule has 1 amide bonds. The molecule has 0 aliphatic carbocycles. The number of nitriles is 1. The number of amidine groups is 1. The molecule has 202 valence electrons. The van der Waals surface area contributed by atoms with E-state index in [0.29, 0.717) is 24.5 Å². The van der Waals surface area contributed by atoms with Crippen molar-refractivity contribution in [3.63, 3.8) is 0 Å². The number of rotatable bonds is 7. The van der Waals surface area contributed by atoms with Gasteiger partial charge in [-0.3, -0.25) is 9.89 Å². The highest BCUT2D eigenvalue weighted by Crippen LogP contribution is 2.25. The normalized spacial score (nSPS) is 13.1. The number of ether oxygens (including phenoxy) is 3. The van der Waals surface area contributed by atoms with Crippen molar-refractivity contribution < 1.29 is 32.2 Å². The van der Waals surface area contributed by atoms with Crippen molar-refractivity contribution >= 4 is 11.9 Å². The number of hydrogen-bond acceptors (Lipinski definition) is 6. The number of benzene rings is 3. The molecule has 1 aliphatic heterocycles. The second-order valence-corrected chi connectivity index (χ2v) is 9.71. The summed E-state index contributed by atoms with van der Waals surface area (Å²) in [5.41, 5.74) is 0.130. The van der Waals surface area contributed by atoms with Crippen LogP contribution in [0.15, 0.2) is 59.6 Å². The molecule has 0 radical (unpaired) electrons. The van der Waals surface area contributed by atoms with Crippen LogP contribution in [0.4, 0.5) is 18.0 Å². The summed E-state index contributed by atoms with van der Waals surface area (Å²) in [5.74, 6) is -1.99. The monoisotopic (exact) mass is 537 g/mol. The fourth-order valence-corrected chi connectivity index (χ4v) is 3.80. The zero-order chi connectivity index (χ0) is 28.2. The van der Waals surface area contributed by atoms with Gasteiger partial charge in [0.2, 0.25) is 0 Å². The summed E-state index contributed by atoms with van der Waals surface area (Å²) in [7, 11) is 0. The minimum atomic E-state index is -0.731. The van der Waals surface area contributed by atoms with Gasteiger partial charge in [-0.1, -0.05) is 18.2 Å². The van der Waals surface area contributed by atoms with E-state index in [2.05, 4.69) is 4.99 Å². The quantitative estimate of drug-likeness (QED) is 0.362. The molecule has 3 aromatic carbocycles. The van der Waals surface area contributed by atoms with Gasteiger partial charge in [0.05, 0.1) is 24.7 Å². The largest absolute Gasteiger partial charge is 0.486 e. The first-order valence-electron chi connectivity index (χ1n) is 12.1. The van der Waals surface area contributed by atoms with E-state index in [1.807, 2.05) is 6.07 Å². The minimum absolute atomic E-state index is 0.109. The van der Waals surface area contributed by atoms with Crippen molar-refractivity contribution in [3.05, 3.63) is 94.3 Å². The molecule has 0 unspecified atom stereocenters. The maximum atomic E-state index is 15.0. The molecule has 0 saturated carbocycles. The third kappa shape index (κ3) is 6.68. The second-order valence-electron chi connectivity index (χ2n) is 9.71. The minimum Gasteiger partial charge on any atom is -0.486 e. The molecule has 0 N–H and O–H groups in total. The average Bonchev–Trinajstić information content (AvgIpc) is 3.38. The molecular weight excluding hydrogens is 511 g/mol. The summed E-state index contributed by atoms with van der Waals surface area (Å²) in [6.07, 6.45) is -0.569. The average molecular weight is 538 g/mol. The molecule has 0 bridgehead atoms. The maximum absolute atomic E-state index is 15.0. The number of halogens is 3. The van der Waals surface area contributed by atoms with E-state index in [0.717, 1.165) is 6.07 Å². The fourth-order valence-electron chi connectivity index (χ4n) is 3.80. The van der Waals surface area contributed by atoms with Gasteiger partial charge in [0.25, 0.3) is 0 Å². The Kier molecular flexibility index (Phi) is 8.10. The van der Waals surface area contributed by atoms with Crippen molar-refractivity contribution in [2.75, 3.05) is 13.1 Å². The molecule has 4 rings (SSSR count). The summed E-state index contributed by atoms with van der Waals surface area (Å²) in [6.45, 7) is 5.42. The molecular formula is C29H26F3N3O4. The summed E-state index contributed by atoms with van der Waals surface area (Å²) in [6, 6.07) is 14.2. The smallest absolute Gasteiger partial charge is 0.416 e. The van der Waals surface area contributed by atoms with Crippen LogP contribution >= 0.6 is 0 Å². The summed E-state index contributed by atoms with van der Waals surface area (Å²) in [5, 5.41) is 8.84. The van der Waals surface area contributed by atoms with E-state index in [4.69, 9.17) is 19.5 Å². The Labute approximate surface area is 224 Å². The molecule has 7 nitrogen and oxygen atoms in total. The topological polar surface area (TPSA) is 84.2 Å². The number of amides is 1. The van der Waals surface area contributed by atoms with Crippen LogP contribution in [-0.2, 0) is 18.0 Å². The lowest BCUT2D eigenvalue weighted by atomic mass is 10.1. The maximum Gasteiger partial charge on any atom is 0.416 e. The van der Waals surface area contributed by atoms with Crippen molar-refractivity contribution in [1.29, 1.82) is 5.26 Å². The zero-order valence-electron chi connectivity index (χ0n) is 21.6. The van der Waals surface area contributed by atoms with Gasteiger partial charge in [-0.15, -0.1) is 0 Å². The number of carbonyl (C=O) groups is 1. The molecule has 0 fully saturated rings. The van der Waals surface area contributed by atoms with Crippen molar-refractivity contribution in [2.45, 2.75) is 39.6 Å². The highest BCUT2D eigenvalue weighted by molar-refractivity contribution is 6.07. The van der Waals surface area contributed by atoms with Gasteiger partial charge in [0.15, 0.2) is 23.1 Å². The lowest BCUT2D eigenvalue weighted by Crippen LogP contribution is -2.39. The number of hydrogen-bond donors (Lipinski definition) is 0. The van der Waals surface area contributed by atoms with Crippen LogP contribution in [0.25, 0.3) is 0 Å². The predicted molar refractivity (Wildman–Crippen MR) is 137 cm³/mol. The SMILES string of the molecule is CC(C)(C)OC(=O)N1CCN=C1c1ccc(OCc2cccc(COc3ccc(C#N)cc3F)c2F)c(F)c1. The van der Waals surface area contributed by atoms with Crippen molar-refractivity contribution in [1.82, 2.24) is 4.90 Å². The Morgan fingerprint density at radius 2 is 1.59 bits per heavy atom. The molecule has 0 atom stereocenters. The Morgan fingerprint density at radius 1 is 0.974 bits per heavy atom.